The number of unbranched alkanes of at least 4 members (excludes halogenated alkanes) is 3. The van der Waals surface area contributed by atoms with E-state index in [-0.39, 0.29) is 0 Å². The number of nitrogens with zero attached hydrogens (tertiary/aromatic N) is 1. The zero-order valence-electron chi connectivity index (χ0n) is 12.0. The van der Waals surface area contributed by atoms with Crippen LogP contribution >= 0.6 is 0 Å². The van der Waals surface area contributed by atoms with E-state index in [0.29, 0.717) is 0 Å². The second-order valence-electron chi connectivity index (χ2n) is 5.09. The molecule has 19 heavy (non-hydrogen) atoms. The molecule has 0 spiro atoms. The van der Waals surface area contributed by atoms with Crippen molar-refractivity contribution in [2.45, 2.75) is 39.5 Å². The molecule has 1 heteroatoms. The molecule has 0 bridgehead atoms. The average molecular weight is 253 g/mol. The van der Waals surface area contributed by atoms with Crippen molar-refractivity contribution >= 4 is 16.5 Å². The molecule has 0 aliphatic heterocycles. The molecule has 0 radical (unpaired) electrons. The van der Waals surface area contributed by atoms with Crippen LogP contribution in [0.2, 0.25) is 0 Å². The van der Waals surface area contributed by atoms with Crippen molar-refractivity contribution in [2.24, 2.45) is 4.99 Å². The number of benzene rings is 2. The minimum Gasteiger partial charge on any atom is -0.289 e. The third-order valence-electron chi connectivity index (χ3n) is 3.53. The monoisotopic (exact) mass is 253 g/mol. The lowest BCUT2D eigenvalue weighted by atomic mass is 10.0. The summed E-state index contributed by atoms with van der Waals surface area (Å²) in [6, 6.07) is 15.1. The van der Waals surface area contributed by atoms with E-state index in [4.69, 9.17) is 0 Å². The van der Waals surface area contributed by atoms with E-state index in [0.717, 1.165) is 12.3 Å². The Morgan fingerprint density at radius 3 is 2.53 bits per heavy atom. The van der Waals surface area contributed by atoms with Gasteiger partial charge in [0.25, 0.3) is 0 Å². The molecule has 1 nitrogen and oxygen atoms in total. The van der Waals surface area contributed by atoms with E-state index in [2.05, 4.69) is 61.3 Å². The van der Waals surface area contributed by atoms with E-state index in [9.17, 15) is 0 Å². The van der Waals surface area contributed by atoms with Gasteiger partial charge in [0.2, 0.25) is 0 Å². The highest BCUT2D eigenvalue weighted by Gasteiger charge is 1.99. The van der Waals surface area contributed by atoms with E-state index in [1.54, 1.807) is 0 Å². The van der Waals surface area contributed by atoms with Crippen LogP contribution in [-0.2, 0) is 0 Å². The number of hydrogen-bond acceptors (Lipinski definition) is 1. The van der Waals surface area contributed by atoms with Gasteiger partial charge in [0.1, 0.15) is 0 Å². The Hall–Kier alpha value is -1.63. The van der Waals surface area contributed by atoms with Crippen molar-refractivity contribution < 1.29 is 0 Å². The topological polar surface area (TPSA) is 12.4 Å². The van der Waals surface area contributed by atoms with Crippen LogP contribution in [0.15, 0.2) is 47.5 Å². The molecule has 0 aliphatic rings. The zero-order valence-corrected chi connectivity index (χ0v) is 12.0. The molecule has 2 aromatic carbocycles. The van der Waals surface area contributed by atoms with Crippen molar-refractivity contribution in [2.75, 3.05) is 6.54 Å². The third-order valence-corrected chi connectivity index (χ3v) is 3.53. The van der Waals surface area contributed by atoms with Gasteiger partial charge in [-0.3, -0.25) is 4.99 Å². The van der Waals surface area contributed by atoms with Gasteiger partial charge < -0.3 is 0 Å². The van der Waals surface area contributed by atoms with E-state index < -0.39 is 0 Å². The Bertz CT molecular complexity index is 554. The molecule has 0 aromatic heterocycles. The molecular weight excluding hydrogens is 230 g/mol. The normalized spacial score (nSPS) is 12.0. The average Bonchev–Trinajstić information content (AvgIpc) is 2.46. The molecule has 0 amide bonds. The van der Waals surface area contributed by atoms with Gasteiger partial charge >= 0.3 is 0 Å². The van der Waals surface area contributed by atoms with Crippen molar-refractivity contribution in [1.29, 1.82) is 0 Å². The quantitative estimate of drug-likeness (QED) is 0.494. The Morgan fingerprint density at radius 1 is 0.947 bits per heavy atom. The Kier molecular flexibility index (Phi) is 5.14. The number of fused-ring (bicyclic) bond motifs is 1. The van der Waals surface area contributed by atoms with Crippen LogP contribution in [0.4, 0.5) is 0 Å². The van der Waals surface area contributed by atoms with Crippen LogP contribution in [-0.4, -0.2) is 12.3 Å². The van der Waals surface area contributed by atoms with Crippen LogP contribution in [0.1, 0.15) is 45.1 Å². The van der Waals surface area contributed by atoms with Gasteiger partial charge in [0, 0.05) is 12.3 Å². The first-order valence-electron chi connectivity index (χ1n) is 7.31. The number of hydrogen-bond donors (Lipinski definition) is 0. The predicted molar refractivity (Wildman–Crippen MR) is 85.2 cm³/mol. The molecule has 100 valence electrons. The molecule has 2 rings (SSSR count). The highest BCUT2D eigenvalue weighted by molar-refractivity contribution is 6.01. The fraction of sp³-hybridized carbons (Fsp3) is 0.389. The first-order chi connectivity index (χ1) is 9.31. The smallest absolute Gasteiger partial charge is 0.0392 e. The molecule has 0 atom stereocenters. The molecule has 2 aromatic rings. The van der Waals surface area contributed by atoms with Crippen molar-refractivity contribution in [3.8, 4) is 0 Å². The van der Waals surface area contributed by atoms with E-state index >= 15 is 0 Å². The van der Waals surface area contributed by atoms with Gasteiger partial charge in [-0.25, -0.2) is 0 Å². The summed E-state index contributed by atoms with van der Waals surface area (Å²) >= 11 is 0. The number of aliphatic imine (C=N–C) groups is 1. The van der Waals surface area contributed by atoms with Crippen molar-refractivity contribution in [3.63, 3.8) is 0 Å². The maximum atomic E-state index is 4.69. The van der Waals surface area contributed by atoms with E-state index in [1.807, 2.05) is 0 Å². The van der Waals surface area contributed by atoms with Crippen molar-refractivity contribution in [1.82, 2.24) is 0 Å². The molecule has 0 saturated heterocycles. The Labute approximate surface area is 116 Å². The number of rotatable bonds is 6. The molecule has 0 unspecified atom stereocenters. The zero-order chi connectivity index (χ0) is 13.5. The molecule has 0 saturated carbocycles. The second kappa shape index (κ2) is 7.08. The van der Waals surface area contributed by atoms with Gasteiger partial charge in [0.05, 0.1) is 0 Å². The minimum atomic E-state index is 0.957. The van der Waals surface area contributed by atoms with Crippen molar-refractivity contribution in [3.05, 3.63) is 48.0 Å². The summed E-state index contributed by atoms with van der Waals surface area (Å²) in [5, 5.41) is 2.59. The maximum absolute atomic E-state index is 4.69. The molecule has 0 fully saturated rings. The minimum absolute atomic E-state index is 0.957. The lowest BCUT2D eigenvalue weighted by Gasteiger charge is -2.04. The van der Waals surface area contributed by atoms with E-state index in [1.165, 1.54) is 42.0 Å². The van der Waals surface area contributed by atoms with Gasteiger partial charge in [-0.15, -0.1) is 0 Å². The summed E-state index contributed by atoms with van der Waals surface area (Å²) < 4.78 is 0. The van der Waals surface area contributed by atoms with Gasteiger partial charge in [-0.05, 0) is 35.7 Å². The first-order valence-corrected chi connectivity index (χ1v) is 7.31. The predicted octanol–water partition coefficient (Wildman–Crippen LogP) is 5.23. The maximum Gasteiger partial charge on any atom is 0.0392 e. The molecule has 0 heterocycles. The molecular formula is C18H23N. The van der Waals surface area contributed by atoms with Gasteiger partial charge in [0.15, 0.2) is 0 Å². The van der Waals surface area contributed by atoms with Crippen LogP contribution in [0.25, 0.3) is 10.8 Å². The lowest BCUT2D eigenvalue weighted by Crippen LogP contribution is -1.96. The SMILES string of the molecule is CCCCCCN=C(C)c1ccc2ccccc2c1. The van der Waals surface area contributed by atoms with Crippen LogP contribution < -0.4 is 0 Å². The summed E-state index contributed by atoms with van der Waals surface area (Å²) in [7, 11) is 0. The summed E-state index contributed by atoms with van der Waals surface area (Å²) in [5.41, 5.74) is 2.40. The Balaban J connectivity index is 2.04. The second-order valence-corrected chi connectivity index (χ2v) is 5.09. The highest BCUT2D eigenvalue weighted by Crippen LogP contribution is 2.16. The highest BCUT2D eigenvalue weighted by atomic mass is 14.7. The fourth-order valence-electron chi connectivity index (χ4n) is 2.29. The molecule has 0 N–H and O–H groups in total. The fourth-order valence-corrected chi connectivity index (χ4v) is 2.29. The van der Waals surface area contributed by atoms with Gasteiger partial charge in [-0.1, -0.05) is 62.6 Å². The summed E-state index contributed by atoms with van der Waals surface area (Å²) in [5.74, 6) is 0. The lowest BCUT2D eigenvalue weighted by molar-refractivity contribution is 0.675. The first kappa shape index (κ1) is 13.8. The van der Waals surface area contributed by atoms with Crippen LogP contribution in [0.3, 0.4) is 0 Å². The summed E-state index contributed by atoms with van der Waals surface area (Å²) in [6.07, 6.45) is 5.11. The third kappa shape index (κ3) is 3.92. The molecule has 0 aliphatic carbocycles. The van der Waals surface area contributed by atoms with Crippen LogP contribution in [0.5, 0.6) is 0 Å². The van der Waals surface area contributed by atoms with Crippen LogP contribution in [0, 0.1) is 0 Å². The Morgan fingerprint density at radius 2 is 1.74 bits per heavy atom. The largest absolute Gasteiger partial charge is 0.289 e. The van der Waals surface area contributed by atoms with Gasteiger partial charge in [-0.2, -0.15) is 0 Å². The standard InChI is InChI=1S/C18H23N/c1-3-4-5-8-13-19-15(2)17-12-11-16-9-6-7-10-18(16)14-17/h6-7,9-12,14H,3-5,8,13H2,1-2H3. The summed E-state index contributed by atoms with van der Waals surface area (Å²) in [4.78, 5) is 4.69. The summed E-state index contributed by atoms with van der Waals surface area (Å²) in [6.45, 7) is 5.31.